The van der Waals surface area contributed by atoms with Crippen molar-refractivity contribution in [3.05, 3.63) is 54.6 Å². The smallest absolute Gasteiger partial charge is 0.255 e. The summed E-state index contributed by atoms with van der Waals surface area (Å²) in [7, 11) is 1.62. The Labute approximate surface area is 122 Å². The molecule has 0 bridgehead atoms. The molecule has 1 amide bonds. The molecule has 0 saturated carbocycles. The maximum absolute atomic E-state index is 12.0. The van der Waals surface area contributed by atoms with Gasteiger partial charge in [-0.2, -0.15) is 0 Å². The number of aliphatic imine (C=N–C) groups is 1. The van der Waals surface area contributed by atoms with Crippen molar-refractivity contribution in [3.8, 4) is 5.75 Å². The van der Waals surface area contributed by atoms with E-state index in [1.165, 1.54) is 0 Å². The fourth-order valence-electron chi connectivity index (χ4n) is 2.14. The molecule has 106 valence electrons. The predicted octanol–water partition coefficient (Wildman–Crippen LogP) is 2.51. The maximum Gasteiger partial charge on any atom is 0.255 e. The van der Waals surface area contributed by atoms with Crippen molar-refractivity contribution in [1.82, 2.24) is 0 Å². The average Bonchev–Trinajstić information content (AvgIpc) is 2.89. The van der Waals surface area contributed by atoms with Crippen LogP contribution in [-0.4, -0.2) is 25.5 Å². The second-order valence-electron chi connectivity index (χ2n) is 4.56. The molecule has 0 unspecified atom stereocenters. The minimum Gasteiger partial charge on any atom is -0.497 e. The number of anilines is 2. The lowest BCUT2D eigenvalue weighted by atomic mass is 10.3. The summed E-state index contributed by atoms with van der Waals surface area (Å²) in [5.41, 5.74) is 1.66. The topological polar surface area (TPSA) is 53.9 Å². The van der Waals surface area contributed by atoms with Gasteiger partial charge in [-0.15, -0.1) is 0 Å². The number of hydrogen-bond donors (Lipinski definition) is 1. The molecule has 0 saturated heterocycles. The molecule has 1 N–H and O–H groups in total. The van der Waals surface area contributed by atoms with Crippen LogP contribution in [-0.2, 0) is 4.79 Å². The molecule has 0 aromatic heterocycles. The molecule has 5 nitrogen and oxygen atoms in total. The van der Waals surface area contributed by atoms with Gasteiger partial charge in [-0.05, 0) is 36.4 Å². The number of hydrogen-bond acceptors (Lipinski definition) is 4. The first kappa shape index (κ1) is 13.2. The lowest BCUT2D eigenvalue weighted by Crippen LogP contribution is -2.36. The van der Waals surface area contributed by atoms with Crippen LogP contribution in [0.1, 0.15) is 0 Å². The van der Waals surface area contributed by atoms with Crippen LogP contribution in [0.3, 0.4) is 0 Å². The van der Waals surface area contributed by atoms with Crippen molar-refractivity contribution in [2.75, 3.05) is 23.9 Å². The SMILES string of the molecule is COc1ccc(NC2=NCC(=O)N2c2ccccc2)cc1. The van der Waals surface area contributed by atoms with E-state index in [0.717, 1.165) is 17.1 Å². The van der Waals surface area contributed by atoms with E-state index in [9.17, 15) is 4.79 Å². The van der Waals surface area contributed by atoms with Crippen LogP contribution in [0, 0.1) is 0 Å². The molecule has 1 heterocycles. The average molecular weight is 281 g/mol. The van der Waals surface area contributed by atoms with Crippen LogP contribution in [0.15, 0.2) is 59.6 Å². The largest absolute Gasteiger partial charge is 0.497 e. The number of carbonyl (C=O) groups is 1. The minimum absolute atomic E-state index is 0.0442. The van der Waals surface area contributed by atoms with Gasteiger partial charge in [0.05, 0.1) is 12.8 Å². The monoisotopic (exact) mass is 281 g/mol. The van der Waals surface area contributed by atoms with Crippen molar-refractivity contribution in [2.24, 2.45) is 4.99 Å². The summed E-state index contributed by atoms with van der Waals surface area (Å²) < 4.78 is 5.12. The van der Waals surface area contributed by atoms with E-state index in [1.807, 2.05) is 54.6 Å². The zero-order valence-corrected chi connectivity index (χ0v) is 11.6. The first-order valence-corrected chi connectivity index (χ1v) is 6.61. The molecule has 2 aromatic rings. The highest BCUT2D eigenvalue weighted by atomic mass is 16.5. The van der Waals surface area contributed by atoms with Crippen LogP contribution < -0.4 is 15.0 Å². The highest BCUT2D eigenvalue weighted by molar-refractivity contribution is 6.24. The molecular formula is C16H15N3O2. The number of benzene rings is 2. The Balaban J connectivity index is 1.82. The molecular weight excluding hydrogens is 266 g/mol. The molecule has 0 spiro atoms. The Hall–Kier alpha value is -2.82. The predicted molar refractivity (Wildman–Crippen MR) is 82.8 cm³/mol. The molecule has 21 heavy (non-hydrogen) atoms. The number of carbonyl (C=O) groups excluding carboxylic acids is 1. The molecule has 0 radical (unpaired) electrons. The summed E-state index contributed by atoms with van der Waals surface area (Å²) in [5.74, 6) is 1.28. The molecule has 0 fully saturated rings. The summed E-state index contributed by atoms with van der Waals surface area (Å²) in [4.78, 5) is 17.9. The number of para-hydroxylation sites is 1. The summed E-state index contributed by atoms with van der Waals surface area (Å²) >= 11 is 0. The molecule has 1 aliphatic rings. The Morgan fingerprint density at radius 2 is 1.81 bits per heavy atom. The molecule has 1 aliphatic heterocycles. The molecule has 0 atom stereocenters. The van der Waals surface area contributed by atoms with Crippen molar-refractivity contribution in [3.63, 3.8) is 0 Å². The Bertz CT molecular complexity index is 666. The highest BCUT2D eigenvalue weighted by Crippen LogP contribution is 2.20. The van der Waals surface area contributed by atoms with Crippen molar-refractivity contribution in [1.29, 1.82) is 0 Å². The second kappa shape index (κ2) is 5.66. The number of amides is 1. The van der Waals surface area contributed by atoms with Gasteiger partial charge in [-0.3, -0.25) is 4.79 Å². The number of methoxy groups -OCH3 is 1. The number of rotatable bonds is 3. The fourth-order valence-corrected chi connectivity index (χ4v) is 2.14. The fraction of sp³-hybridized carbons (Fsp3) is 0.125. The number of ether oxygens (including phenoxy) is 1. The number of nitrogens with one attached hydrogen (secondary N) is 1. The molecule has 2 aromatic carbocycles. The lowest BCUT2D eigenvalue weighted by molar-refractivity contribution is -0.115. The van der Waals surface area contributed by atoms with Gasteiger partial charge in [0.2, 0.25) is 5.96 Å². The Morgan fingerprint density at radius 1 is 1.10 bits per heavy atom. The van der Waals surface area contributed by atoms with Gasteiger partial charge in [0.15, 0.2) is 0 Å². The highest BCUT2D eigenvalue weighted by Gasteiger charge is 2.26. The third-order valence-electron chi connectivity index (χ3n) is 3.19. The van der Waals surface area contributed by atoms with Crippen molar-refractivity contribution in [2.45, 2.75) is 0 Å². The minimum atomic E-state index is -0.0442. The van der Waals surface area contributed by atoms with Crippen LogP contribution >= 0.6 is 0 Å². The van der Waals surface area contributed by atoms with Gasteiger partial charge < -0.3 is 10.1 Å². The van der Waals surface area contributed by atoms with Gasteiger partial charge in [0, 0.05) is 5.69 Å². The van der Waals surface area contributed by atoms with Gasteiger partial charge in [0.25, 0.3) is 5.91 Å². The standard InChI is InChI=1S/C16H15N3O2/c1-21-14-9-7-12(8-10-14)18-16-17-11-15(20)19(16)13-5-3-2-4-6-13/h2-10H,11H2,1H3,(H,17,18). The van der Waals surface area contributed by atoms with Crippen LogP contribution in [0.25, 0.3) is 0 Å². The normalized spacial score (nSPS) is 14.0. The second-order valence-corrected chi connectivity index (χ2v) is 4.56. The summed E-state index contributed by atoms with van der Waals surface area (Å²) in [6.45, 7) is 0.160. The lowest BCUT2D eigenvalue weighted by Gasteiger charge is -2.19. The first-order chi connectivity index (χ1) is 10.3. The first-order valence-electron chi connectivity index (χ1n) is 6.61. The van der Waals surface area contributed by atoms with E-state index in [1.54, 1.807) is 12.0 Å². The summed E-state index contributed by atoms with van der Waals surface area (Å²) in [6, 6.07) is 16.9. The van der Waals surface area contributed by atoms with Gasteiger partial charge >= 0.3 is 0 Å². The van der Waals surface area contributed by atoms with Crippen molar-refractivity contribution >= 4 is 23.2 Å². The summed E-state index contributed by atoms with van der Waals surface area (Å²) in [5, 5.41) is 3.17. The Morgan fingerprint density at radius 3 is 2.48 bits per heavy atom. The number of guanidine groups is 1. The van der Waals surface area contributed by atoms with Crippen molar-refractivity contribution < 1.29 is 9.53 Å². The number of nitrogens with zero attached hydrogens (tertiary/aromatic N) is 2. The third kappa shape index (κ3) is 2.72. The van der Waals surface area contributed by atoms with E-state index in [-0.39, 0.29) is 12.5 Å². The van der Waals surface area contributed by atoms with Crippen LogP contribution in [0.5, 0.6) is 5.75 Å². The van der Waals surface area contributed by atoms with Crippen LogP contribution in [0.4, 0.5) is 11.4 Å². The summed E-state index contributed by atoms with van der Waals surface area (Å²) in [6.07, 6.45) is 0. The zero-order valence-electron chi connectivity index (χ0n) is 11.6. The van der Waals surface area contributed by atoms with Gasteiger partial charge in [0.1, 0.15) is 12.3 Å². The van der Waals surface area contributed by atoms with Gasteiger partial charge in [-0.25, -0.2) is 9.89 Å². The molecule has 3 rings (SSSR count). The quantitative estimate of drug-likeness (QED) is 0.940. The maximum atomic E-state index is 12.0. The van der Waals surface area contributed by atoms with E-state index in [4.69, 9.17) is 4.74 Å². The van der Waals surface area contributed by atoms with E-state index < -0.39 is 0 Å². The van der Waals surface area contributed by atoms with Gasteiger partial charge in [-0.1, -0.05) is 18.2 Å². The molecule has 5 heteroatoms. The Kier molecular flexibility index (Phi) is 3.55. The van der Waals surface area contributed by atoms with Crippen LogP contribution in [0.2, 0.25) is 0 Å². The molecule has 0 aliphatic carbocycles. The van der Waals surface area contributed by atoms with E-state index >= 15 is 0 Å². The van der Waals surface area contributed by atoms with E-state index in [0.29, 0.717) is 5.96 Å². The zero-order chi connectivity index (χ0) is 14.7. The van der Waals surface area contributed by atoms with E-state index in [2.05, 4.69) is 10.3 Å². The third-order valence-corrected chi connectivity index (χ3v) is 3.19.